The fourth-order valence-electron chi connectivity index (χ4n) is 4.01. The molecule has 34 heavy (non-hydrogen) atoms. The van der Waals surface area contributed by atoms with Crippen LogP contribution in [0.5, 0.6) is 0 Å². The van der Waals surface area contributed by atoms with Gasteiger partial charge >= 0.3 is 0 Å². The molecule has 0 aliphatic carbocycles. The predicted octanol–water partition coefficient (Wildman–Crippen LogP) is -2.40. The number of halogens is 1. The smallest absolute Gasteiger partial charge is 0.134 e. The van der Waals surface area contributed by atoms with Crippen LogP contribution in [0.3, 0.4) is 0 Å². The van der Waals surface area contributed by atoms with Gasteiger partial charge in [0.2, 0.25) is 0 Å². The molecule has 7 N–H and O–H groups in total. The molecule has 2 aliphatic rings. The molecule has 2 fully saturated rings. The minimum atomic E-state index is -1.62. The second-order valence-electron chi connectivity index (χ2n) is 8.12. The molecule has 1 aromatic carbocycles. The predicted molar refractivity (Wildman–Crippen MR) is 114 cm³/mol. The average molecular weight is 504 g/mol. The zero-order valence-electron chi connectivity index (χ0n) is 17.6. The maximum absolute atomic E-state index is 13.6. The Morgan fingerprint density at radius 1 is 0.882 bits per heavy atom. The van der Waals surface area contributed by atoms with E-state index >= 15 is 0 Å². The fourth-order valence-corrected chi connectivity index (χ4v) is 5.33. The second kappa shape index (κ2) is 10.5. The zero-order valence-corrected chi connectivity index (χ0v) is 18.5. The standard InChI is InChI=1S/C20H26FN3O9S/c21-9-3-1-2-8(4-9)10-5-24(23-22-10)13-14(27)11(6-25)32-19(16(13)29)34-20-18(31)17(30)15(28)12(7-26)33-20/h1-5,11-20,25-31H,6-7H2/t11-,12-,13+,14+,15+,16-,17+,18-,19+,20+/m1/s1. The minimum Gasteiger partial charge on any atom is -0.394 e. The summed E-state index contributed by atoms with van der Waals surface area (Å²) in [7, 11) is 0. The molecule has 3 heterocycles. The van der Waals surface area contributed by atoms with Crippen molar-refractivity contribution in [1.29, 1.82) is 0 Å². The van der Waals surface area contributed by atoms with Crippen LogP contribution in [0.1, 0.15) is 6.04 Å². The Balaban J connectivity index is 1.57. The summed E-state index contributed by atoms with van der Waals surface area (Å²) >= 11 is 0.747. The quantitative estimate of drug-likeness (QED) is 0.221. The number of benzene rings is 1. The topological polar surface area (TPSA) is 191 Å². The van der Waals surface area contributed by atoms with Gasteiger partial charge in [-0.1, -0.05) is 29.1 Å². The molecule has 0 radical (unpaired) electrons. The van der Waals surface area contributed by atoms with Crippen molar-refractivity contribution in [2.24, 2.45) is 0 Å². The summed E-state index contributed by atoms with van der Waals surface area (Å²) in [6.07, 6.45) is -8.53. The highest BCUT2D eigenvalue weighted by Gasteiger charge is 2.50. The van der Waals surface area contributed by atoms with Crippen LogP contribution in [0, 0.1) is 5.82 Å². The van der Waals surface area contributed by atoms with E-state index in [1.807, 2.05) is 0 Å². The molecular formula is C20H26FN3O9S. The third kappa shape index (κ3) is 4.83. The van der Waals surface area contributed by atoms with Crippen LogP contribution in [0.4, 0.5) is 4.39 Å². The van der Waals surface area contributed by atoms with Crippen LogP contribution in [0.2, 0.25) is 0 Å². The molecule has 0 bridgehead atoms. The van der Waals surface area contributed by atoms with Crippen molar-refractivity contribution >= 4 is 11.8 Å². The molecule has 0 spiro atoms. The lowest BCUT2D eigenvalue weighted by Crippen LogP contribution is -2.59. The molecule has 4 rings (SSSR count). The molecule has 2 aromatic rings. The van der Waals surface area contributed by atoms with Gasteiger partial charge in [0, 0.05) is 5.56 Å². The van der Waals surface area contributed by atoms with E-state index in [0.717, 1.165) is 11.8 Å². The summed E-state index contributed by atoms with van der Waals surface area (Å²) in [5, 5.41) is 79.1. The van der Waals surface area contributed by atoms with Gasteiger partial charge < -0.3 is 45.2 Å². The van der Waals surface area contributed by atoms with E-state index in [1.54, 1.807) is 6.07 Å². The maximum Gasteiger partial charge on any atom is 0.134 e. The molecule has 2 aliphatic heterocycles. The van der Waals surface area contributed by atoms with Crippen molar-refractivity contribution in [3.05, 3.63) is 36.3 Å². The van der Waals surface area contributed by atoms with Crippen molar-refractivity contribution in [1.82, 2.24) is 15.0 Å². The average Bonchev–Trinajstić information content (AvgIpc) is 3.31. The third-order valence-corrected chi connectivity index (χ3v) is 7.22. The van der Waals surface area contributed by atoms with Gasteiger partial charge in [0.1, 0.15) is 71.2 Å². The summed E-state index contributed by atoms with van der Waals surface area (Å²) in [4.78, 5) is 0. The van der Waals surface area contributed by atoms with Crippen LogP contribution in [-0.4, -0.2) is 118 Å². The van der Waals surface area contributed by atoms with Gasteiger partial charge in [-0.3, -0.25) is 0 Å². The van der Waals surface area contributed by atoms with Gasteiger partial charge in [-0.05, 0) is 12.1 Å². The Hall–Kier alpha value is -1.72. The van der Waals surface area contributed by atoms with E-state index in [9.17, 15) is 40.1 Å². The summed E-state index contributed by atoms with van der Waals surface area (Å²) < 4.78 is 25.8. The number of aliphatic hydroxyl groups excluding tert-OH is 7. The summed E-state index contributed by atoms with van der Waals surface area (Å²) in [5.41, 5.74) is -1.70. The zero-order chi connectivity index (χ0) is 24.6. The Bertz CT molecular complexity index is 969. The summed E-state index contributed by atoms with van der Waals surface area (Å²) in [6.45, 7) is -1.24. The molecule has 12 nitrogen and oxygen atoms in total. The fraction of sp³-hybridized carbons (Fsp3) is 0.600. The largest absolute Gasteiger partial charge is 0.394 e. The number of aromatic nitrogens is 3. The summed E-state index contributed by atoms with van der Waals surface area (Å²) in [5.74, 6) is -0.477. The van der Waals surface area contributed by atoms with Gasteiger partial charge in [-0.15, -0.1) is 5.10 Å². The molecule has 0 unspecified atom stereocenters. The van der Waals surface area contributed by atoms with Crippen molar-refractivity contribution in [3.8, 4) is 11.3 Å². The Kier molecular flexibility index (Phi) is 7.83. The lowest BCUT2D eigenvalue weighted by molar-refractivity contribution is -0.208. The number of thioether (sulfide) groups is 1. The maximum atomic E-state index is 13.6. The third-order valence-electron chi connectivity index (χ3n) is 5.90. The lowest BCUT2D eigenvalue weighted by atomic mass is 9.97. The van der Waals surface area contributed by atoms with Crippen LogP contribution < -0.4 is 0 Å². The van der Waals surface area contributed by atoms with Crippen LogP contribution in [0.15, 0.2) is 30.5 Å². The molecule has 0 saturated carbocycles. The van der Waals surface area contributed by atoms with E-state index in [2.05, 4.69) is 10.3 Å². The number of aliphatic hydroxyl groups is 7. The first-order chi connectivity index (χ1) is 16.2. The van der Waals surface area contributed by atoms with Crippen LogP contribution in [-0.2, 0) is 9.47 Å². The van der Waals surface area contributed by atoms with Gasteiger partial charge in [0.25, 0.3) is 0 Å². The van der Waals surface area contributed by atoms with Gasteiger partial charge in [-0.2, -0.15) is 0 Å². The van der Waals surface area contributed by atoms with E-state index < -0.39 is 78.7 Å². The highest BCUT2D eigenvalue weighted by atomic mass is 32.2. The molecule has 2 saturated heterocycles. The number of hydrogen-bond acceptors (Lipinski definition) is 12. The molecule has 188 valence electrons. The lowest BCUT2D eigenvalue weighted by Gasteiger charge is -2.45. The molecule has 14 heteroatoms. The van der Waals surface area contributed by atoms with Crippen LogP contribution in [0.25, 0.3) is 11.3 Å². The van der Waals surface area contributed by atoms with E-state index in [0.29, 0.717) is 5.56 Å². The SMILES string of the molecule is OC[C@H]1O[C@@H](S[C@@H]2O[C@H](CO)[C@H](O)[C@H](n3cc(-c4cccc(F)c4)nn3)[C@H]2O)[C@H](O)[C@@H](O)[C@H]1O. The first kappa shape index (κ1) is 25.4. The number of nitrogens with zero attached hydrogens (tertiary/aromatic N) is 3. The van der Waals surface area contributed by atoms with Crippen molar-refractivity contribution < 1.29 is 49.6 Å². The van der Waals surface area contributed by atoms with Crippen molar-refractivity contribution in [2.75, 3.05) is 13.2 Å². The van der Waals surface area contributed by atoms with Gasteiger partial charge in [-0.25, -0.2) is 9.07 Å². The normalized spacial score (nSPS) is 38.7. The molecular weight excluding hydrogens is 477 g/mol. The Morgan fingerprint density at radius 2 is 1.53 bits per heavy atom. The van der Waals surface area contributed by atoms with E-state index in [-0.39, 0.29) is 5.69 Å². The van der Waals surface area contributed by atoms with E-state index in [4.69, 9.17) is 9.47 Å². The highest BCUT2D eigenvalue weighted by Crippen LogP contribution is 2.40. The van der Waals surface area contributed by atoms with Crippen LogP contribution >= 0.6 is 11.8 Å². The minimum absolute atomic E-state index is 0.282. The number of ether oxygens (including phenoxy) is 2. The van der Waals surface area contributed by atoms with Crippen molar-refractivity contribution in [3.63, 3.8) is 0 Å². The monoisotopic (exact) mass is 503 g/mol. The highest BCUT2D eigenvalue weighted by molar-refractivity contribution is 8.00. The first-order valence-corrected chi connectivity index (χ1v) is 11.5. The first-order valence-electron chi connectivity index (χ1n) is 10.5. The Labute approximate surface area is 197 Å². The number of rotatable bonds is 6. The van der Waals surface area contributed by atoms with Gasteiger partial charge in [0.15, 0.2) is 0 Å². The second-order valence-corrected chi connectivity index (χ2v) is 9.33. The molecule has 1 aromatic heterocycles. The molecule has 10 atom stereocenters. The van der Waals surface area contributed by atoms with Crippen molar-refractivity contribution in [2.45, 2.75) is 59.6 Å². The summed E-state index contributed by atoms with van der Waals surface area (Å²) in [6, 6.07) is 4.48. The molecule has 0 amide bonds. The Morgan fingerprint density at radius 3 is 2.18 bits per heavy atom. The van der Waals surface area contributed by atoms with E-state index in [1.165, 1.54) is 29.1 Å². The van der Waals surface area contributed by atoms with Gasteiger partial charge in [0.05, 0.1) is 19.4 Å². The number of hydrogen-bond donors (Lipinski definition) is 7.